The summed E-state index contributed by atoms with van der Waals surface area (Å²) < 4.78 is 13.2. The van der Waals surface area contributed by atoms with Crippen LogP contribution < -0.4 is 19.6 Å². The number of aryl methyl sites for hydroxylation is 1. The number of benzene rings is 4. The molecule has 6 rings (SSSR count). The largest absolute Gasteiger partial charge is 0.494 e. The van der Waals surface area contributed by atoms with Crippen molar-refractivity contribution < 1.29 is 14.3 Å². The van der Waals surface area contributed by atoms with Gasteiger partial charge in [0.2, 0.25) is 0 Å². The summed E-state index contributed by atoms with van der Waals surface area (Å²) in [5.41, 5.74) is 3.69. The zero-order chi connectivity index (χ0) is 28.7. The summed E-state index contributed by atoms with van der Waals surface area (Å²) in [5, 5.41) is 4.47. The quantitative estimate of drug-likeness (QED) is 0.193. The molecule has 0 unspecified atom stereocenters. The van der Waals surface area contributed by atoms with Crippen LogP contribution in [0.2, 0.25) is 0 Å². The minimum atomic E-state index is -0.672. The molecule has 1 aliphatic heterocycles. The summed E-state index contributed by atoms with van der Waals surface area (Å²) in [6, 6.07) is 23.4. The van der Waals surface area contributed by atoms with Gasteiger partial charge in [-0.25, -0.2) is 9.79 Å². The first-order valence-corrected chi connectivity index (χ1v) is 14.6. The van der Waals surface area contributed by atoms with Gasteiger partial charge in [-0.1, -0.05) is 72.0 Å². The summed E-state index contributed by atoms with van der Waals surface area (Å²) in [6.07, 6.45) is 1.98. The minimum Gasteiger partial charge on any atom is -0.494 e. The zero-order valence-corrected chi connectivity index (χ0v) is 24.2. The molecule has 0 aliphatic carbocycles. The average molecular weight is 563 g/mol. The summed E-state index contributed by atoms with van der Waals surface area (Å²) in [7, 11) is 0. The molecule has 0 N–H and O–H groups in total. The van der Waals surface area contributed by atoms with Crippen LogP contribution in [0.3, 0.4) is 0 Å². The number of allylic oxidation sites excluding steroid dienone is 1. The van der Waals surface area contributed by atoms with E-state index in [0.717, 1.165) is 38.4 Å². The molecule has 0 amide bonds. The fourth-order valence-electron chi connectivity index (χ4n) is 5.69. The molecule has 1 atom stereocenters. The zero-order valence-electron chi connectivity index (χ0n) is 23.4. The predicted molar refractivity (Wildman–Crippen MR) is 164 cm³/mol. The lowest BCUT2D eigenvalue weighted by atomic mass is 9.92. The Labute approximate surface area is 241 Å². The number of thiazole rings is 1. The molecule has 6 nitrogen and oxygen atoms in total. The highest BCUT2D eigenvalue weighted by atomic mass is 32.1. The first kappa shape index (κ1) is 26.7. The number of aromatic nitrogens is 1. The van der Waals surface area contributed by atoms with Gasteiger partial charge in [-0.05, 0) is 84.1 Å². The molecular weight excluding hydrogens is 532 g/mol. The van der Waals surface area contributed by atoms with Crippen LogP contribution in [-0.4, -0.2) is 23.8 Å². The second kappa shape index (κ2) is 10.8. The first-order valence-electron chi connectivity index (χ1n) is 13.7. The lowest BCUT2D eigenvalue weighted by molar-refractivity contribution is -0.139. The van der Waals surface area contributed by atoms with Crippen molar-refractivity contribution in [3.05, 3.63) is 120 Å². The van der Waals surface area contributed by atoms with Crippen LogP contribution in [-0.2, 0) is 9.53 Å². The Morgan fingerprint density at radius 1 is 0.902 bits per heavy atom. The van der Waals surface area contributed by atoms with Crippen LogP contribution >= 0.6 is 11.3 Å². The third kappa shape index (κ3) is 4.56. The van der Waals surface area contributed by atoms with Gasteiger partial charge in [-0.2, -0.15) is 0 Å². The van der Waals surface area contributed by atoms with E-state index in [1.54, 1.807) is 18.4 Å². The average Bonchev–Trinajstić information content (AvgIpc) is 3.29. The Kier molecular flexibility index (Phi) is 7.05. The third-order valence-corrected chi connectivity index (χ3v) is 8.52. The van der Waals surface area contributed by atoms with Gasteiger partial charge >= 0.3 is 5.97 Å². The van der Waals surface area contributed by atoms with Crippen molar-refractivity contribution in [1.29, 1.82) is 0 Å². The van der Waals surface area contributed by atoms with Crippen molar-refractivity contribution >= 4 is 44.9 Å². The van der Waals surface area contributed by atoms with Crippen molar-refractivity contribution in [2.45, 2.75) is 33.7 Å². The lowest BCUT2D eigenvalue weighted by Crippen LogP contribution is -2.39. The standard InChI is InChI=1S/C34H30N2O4S/c1-5-39-23-17-15-22(16-18-23)31-30(33(38)40-6-2)21(4)35-34-36(31)32(37)29(41-34)19-28-26-13-9-7-11-24(26)20(3)25-12-8-10-14-27(25)28/h7-19,31H,5-6H2,1-4H3/b29-19+/t31-/m0/s1. The highest BCUT2D eigenvalue weighted by Gasteiger charge is 2.33. The van der Waals surface area contributed by atoms with E-state index in [-0.39, 0.29) is 12.2 Å². The Morgan fingerprint density at radius 2 is 1.51 bits per heavy atom. The number of carbonyl (C=O) groups excluding carboxylic acids is 1. The normalized spacial score (nSPS) is 15.2. The summed E-state index contributed by atoms with van der Waals surface area (Å²) in [4.78, 5) is 32.7. The maximum Gasteiger partial charge on any atom is 0.338 e. The summed E-state index contributed by atoms with van der Waals surface area (Å²) in [6.45, 7) is 8.40. The molecule has 1 aliphatic rings. The number of ether oxygens (including phenoxy) is 2. The SMILES string of the molecule is CCOC(=O)C1=C(C)N=c2s/c(=C/c3c4ccccc4c(C)c4ccccc34)c(=O)n2[C@H]1c1ccc(OCC)cc1. The Bertz CT molecular complexity index is 1980. The van der Waals surface area contributed by atoms with Gasteiger partial charge < -0.3 is 9.47 Å². The van der Waals surface area contributed by atoms with Crippen LogP contribution in [0.15, 0.2) is 93.9 Å². The van der Waals surface area contributed by atoms with Gasteiger partial charge in [0.05, 0.1) is 35.1 Å². The number of hydrogen-bond acceptors (Lipinski definition) is 6. The fraction of sp³-hybridized carbons (Fsp3) is 0.206. The molecule has 0 fully saturated rings. The Hall–Kier alpha value is -4.49. The van der Waals surface area contributed by atoms with Crippen LogP contribution in [0, 0.1) is 6.92 Å². The lowest BCUT2D eigenvalue weighted by Gasteiger charge is -2.24. The third-order valence-electron chi connectivity index (χ3n) is 7.54. The molecule has 0 bridgehead atoms. The molecule has 7 heteroatoms. The van der Waals surface area contributed by atoms with Crippen LogP contribution in [0.1, 0.15) is 43.5 Å². The van der Waals surface area contributed by atoms with Gasteiger partial charge in [0.1, 0.15) is 5.75 Å². The van der Waals surface area contributed by atoms with Crippen molar-refractivity contribution in [3.8, 4) is 5.75 Å². The van der Waals surface area contributed by atoms with Gasteiger partial charge in [0, 0.05) is 0 Å². The van der Waals surface area contributed by atoms with E-state index in [4.69, 9.17) is 14.5 Å². The maximum atomic E-state index is 14.2. The number of carbonyl (C=O) groups is 1. The molecule has 0 saturated heterocycles. The second-order valence-corrected chi connectivity index (χ2v) is 10.9. The monoisotopic (exact) mass is 562 g/mol. The molecule has 1 aromatic heterocycles. The maximum absolute atomic E-state index is 14.2. The van der Waals surface area contributed by atoms with Crippen LogP contribution in [0.25, 0.3) is 27.6 Å². The molecule has 5 aromatic rings. The van der Waals surface area contributed by atoms with Gasteiger partial charge in [-0.3, -0.25) is 9.36 Å². The van der Waals surface area contributed by atoms with Gasteiger partial charge in [0.25, 0.3) is 5.56 Å². The smallest absolute Gasteiger partial charge is 0.338 e. The van der Waals surface area contributed by atoms with Crippen LogP contribution in [0.5, 0.6) is 5.75 Å². The van der Waals surface area contributed by atoms with E-state index >= 15 is 0 Å². The highest BCUT2D eigenvalue weighted by Crippen LogP contribution is 2.34. The van der Waals surface area contributed by atoms with E-state index in [0.29, 0.717) is 27.2 Å². The van der Waals surface area contributed by atoms with Crippen molar-refractivity contribution in [1.82, 2.24) is 4.57 Å². The number of nitrogens with zero attached hydrogens (tertiary/aromatic N) is 2. The van der Waals surface area contributed by atoms with Crippen molar-refractivity contribution in [2.24, 2.45) is 4.99 Å². The predicted octanol–water partition coefficient (Wildman–Crippen LogP) is 5.81. The molecule has 206 valence electrons. The number of fused-ring (bicyclic) bond motifs is 3. The van der Waals surface area contributed by atoms with Crippen LogP contribution in [0.4, 0.5) is 0 Å². The Balaban J connectivity index is 1.62. The number of hydrogen-bond donors (Lipinski definition) is 0. The van der Waals surface area contributed by atoms with E-state index in [2.05, 4.69) is 31.2 Å². The first-order chi connectivity index (χ1) is 19.9. The molecule has 0 radical (unpaired) electrons. The molecule has 41 heavy (non-hydrogen) atoms. The Morgan fingerprint density at radius 3 is 2.10 bits per heavy atom. The molecule has 4 aromatic carbocycles. The molecule has 0 saturated carbocycles. The van der Waals surface area contributed by atoms with Gasteiger partial charge in [-0.15, -0.1) is 0 Å². The fourth-order valence-corrected chi connectivity index (χ4v) is 6.72. The minimum absolute atomic E-state index is 0.198. The number of rotatable bonds is 6. The molecule has 0 spiro atoms. The summed E-state index contributed by atoms with van der Waals surface area (Å²) in [5.74, 6) is 0.248. The van der Waals surface area contributed by atoms with Crippen molar-refractivity contribution in [3.63, 3.8) is 0 Å². The second-order valence-electron chi connectivity index (χ2n) is 9.93. The van der Waals surface area contributed by atoms with Crippen molar-refractivity contribution in [2.75, 3.05) is 13.2 Å². The molecular formula is C34H30N2O4S. The summed E-state index contributed by atoms with van der Waals surface area (Å²) >= 11 is 1.34. The highest BCUT2D eigenvalue weighted by molar-refractivity contribution is 7.07. The van der Waals surface area contributed by atoms with E-state index in [9.17, 15) is 9.59 Å². The van der Waals surface area contributed by atoms with E-state index < -0.39 is 12.0 Å². The number of esters is 1. The van der Waals surface area contributed by atoms with E-state index in [1.165, 1.54) is 16.9 Å². The molecule has 2 heterocycles. The topological polar surface area (TPSA) is 69.9 Å². The van der Waals surface area contributed by atoms with Gasteiger partial charge in [0.15, 0.2) is 4.80 Å². The van der Waals surface area contributed by atoms with E-state index in [1.807, 2.05) is 61.5 Å².